The minimum absolute atomic E-state index is 0.766. The van der Waals surface area contributed by atoms with Crippen LogP contribution < -0.4 is 0 Å². The van der Waals surface area contributed by atoms with E-state index in [9.17, 15) is 0 Å². The first-order valence-electron chi connectivity index (χ1n) is 4.23. The monoisotopic (exact) mass is 156 g/mol. The van der Waals surface area contributed by atoms with Crippen molar-refractivity contribution in [1.29, 1.82) is 0 Å². The van der Waals surface area contributed by atoms with Crippen LogP contribution in [0.2, 0.25) is 25.2 Å². The fourth-order valence-corrected chi connectivity index (χ4v) is 2.12. The lowest BCUT2D eigenvalue weighted by atomic mass is 10.4. The molecule has 0 heterocycles. The van der Waals surface area contributed by atoms with Crippen LogP contribution in [-0.4, -0.2) is 8.07 Å². The molecular weight excluding hydrogens is 136 g/mol. The van der Waals surface area contributed by atoms with Crippen molar-refractivity contribution >= 4 is 8.07 Å². The highest BCUT2D eigenvalue weighted by atomic mass is 28.3. The molecule has 0 saturated heterocycles. The predicted octanol–water partition coefficient (Wildman–Crippen LogP) is 3.68. The summed E-state index contributed by atoms with van der Waals surface area (Å²) >= 11 is 0. The van der Waals surface area contributed by atoms with Gasteiger partial charge in [-0.3, -0.25) is 0 Å². The van der Waals surface area contributed by atoms with Gasteiger partial charge in [0.1, 0.15) is 0 Å². The summed E-state index contributed by atoms with van der Waals surface area (Å²) in [4.78, 5) is 0. The molecule has 0 aromatic heterocycles. The van der Waals surface area contributed by atoms with Crippen LogP contribution in [0.25, 0.3) is 0 Å². The van der Waals surface area contributed by atoms with Crippen LogP contribution in [-0.2, 0) is 0 Å². The minimum Gasteiger partial charge on any atom is -0.0917 e. The van der Waals surface area contributed by atoms with Crippen molar-refractivity contribution in [3.05, 3.63) is 12.2 Å². The van der Waals surface area contributed by atoms with Gasteiger partial charge in [0.25, 0.3) is 0 Å². The molecule has 0 aromatic carbocycles. The maximum atomic E-state index is 2.47. The maximum absolute atomic E-state index is 2.47. The van der Waals surface area contributed by atoms with Crippen LogP contribution in [0.5, 0.6) is 0 Å². The number of rotatable bonds is 4. The third-order valence-corrected chi connectivity index (χ3v) is 5.74. The third-order valence-electron chi connectivity index (χ3n) is 2.18. The van der Waals surface area contributed by atoms with Crippen LogP contribution in [0.4, 0.5) is 0 Å². The van der Waals surface area contributed by atoms with Crippen LogP contribution in [0.15, 0.2) is 12.2 Å². The predicted molar refractivity (Wildman–Crippen MR) is 52.2 cm³/mol. The second-order valence-corrected chi connectivity index (χ2v) is 9.16. The smallest absolute Gasteiger partial charge is 0.0474 e. The molecule has 60 valence electrons. The molecule has 0 aliphatic carbocycles. The molecule has 0 aromatic rings. The summed E-state index contributed by atoms with van der Waals surface area (Å²) in [6, 6.07) is 2.87. The molecule has 0 aliphatic rings. The van der Waals surface area contributed by atoms with Crippen molar-refractivity contribution in [2.75, 3.05) is 0 Å². The summed E-state index contributed by atoms with van der Waals surface area (Å²) in [5, 5.41) is 0. The fourth-order valence-electron chi connectivity index (χ4n) is 0.818. The third kappa shape index (κ3) is 4.80. The van der Waals surface area contributed by atoms with Gasteiger partial charge in [0.2, 0.25) is 0 Å². The van der Waals surface area contributed by atoms with Gasteiger partial charge in [-0.25, -0.2) is 0 Å². The Hall–Kier alpha value is -0.0431. The van der Waals surface area contributed by atoms with E-state index < -0.39 is 8.07 Å². The highest BCUT2D eigenvalue weighted by Crippen LogP contribution is 2.16. The van der Waals surface area contributed by atoms with E-state index in [1.54, 1.807) is 0 Å². The zero-order valence-electron chi connectivity index (χ0n) is 7.78. The van der Waals surface area contributed by atoms with Gasteiger partial charge in [-0.05, 0) is 13.3 Å². The molecule has 0 spiro atoms. The molecule has 0 amide bonds. The standard InChI is InChI=1S/C9H20Si/c1-5-7-8-9-10(3,4)6-2/h5,7H,6,8-9H2,1-4H3/b7-5+. The van der Waals surface area contributed by atoms with Crippen molar-refractivity contribution in [3.8, 4) is 0 Å². The Morgan fingerprint density at radius 3 is 2.30 bits per heavy atom. The molecule has 0 aliphatic heterocycles. The summed E-state index contributed by atoms with van der Waals surface area (Å²) in [5.74, 6) is 0. The Morgan fingerprint density at radius 2 is 1.90 bits per heavy atom. The summed E-state index contributed by atoms with van der Waals surface area (Å²) in [7, 11) is -0.766. The van der Waals surface area contributed by atoms with Gasteiger partial charge in [0, 0.05) is 8.07 Å². The molecule has 0 rings (SSSR count). The van der Waals surface area contributed by atoms with Crippen molar-refractivity contribution in [3.63, 3.8) is 0 Å². The van der Waals surface area contributed by atoms with Gasteiger partial charge >= 0.3 is 0 Å². The Labute approximate surface area is 66.4 Å². The van der Waals surface area contributed by atoms with E-state index in [-0.39, 0.29) is 0 Å². The van der Waals surface area contributed by atoms with Gasteiger partial charge in [-0.2, -0.15) is 0 Å². The number of hydrogen-bond donors (Lipinski definition) is 0. The van der Waals surface area contributed by atoms with Gasteiger partial charge in [0.15, 0.2) is 0 Å². The Balaban J connectivity index is 3.46. The van der Waals surface area contributed by atoms with Crippen molar-refractivity contribution < 1.29 is 0 Å². The van der Waals surface area contributed by atoms with E-state index in [1.165, 1.54) is 18.5 Å². The zero-order chi connectivity index (χ0) is 8.04. The van der Waals surface area contributed by atoms with Gasteiger partial charge in [0.05, 0.1) is 0 Å². The first-order chi connectivity index (χ1) is 4.62. The quantitative estimate of drug-likeness (QED) is 0.430. The largest absolute Gasteiger partial charge is 0.0917 e. The highest BCUT2D eigenvalue weighted by molar-refractivity contribution is 6.77. The topological polar surface area (TPSA) is 0 Å². The van der Waals surface area contributed by atoms with Crippen LogP contribution in [0.1, 0.15) is 20.3 Å². The SMILES string of the molecule is C/C=C/CC[Si](C)(C)CC. The summed E-state index contributed by atoms with van der Waals surface area (Å²) < 4.78 is 0. The lowest BCUT2D eigenvalue weighted by molar-refractivity contribution is 1.12. The summed E-state index contributed by atoms with van der Waals surface area (Å²) in [6.45, 7) is 9.36. The van der Waals surface area contributed by atoms with E-state index >= 15 is 0 Å². The molecule has 0 unspecified atom stereocenters. The van der Waals surface area contributed by atoms with E-state index in [0.29, 0.717) is 0 Å². The molecule has 0 bridgehead atoms. The van der Waals surface area contributed by atoms with Crippen LogP contribution in [0.3, 0.4) is 0 Å². The average molecular weight is 156 g/mol. The van der Waals surface area contributed by atoms with E-state index in [0.717, 1.165) is 0 Å². The van der Waals surface area contributed by atoms with Gasteiger partial charge in [-0.1, -0.05) is 44.3 Å². The fraction of sp³-hybridized carbons (Fsp3) is 0.778. The molecule has 0 atom stereocenters. The molecule has 0 radical (unpaired) electrons. The van der Waals surface area contributed by atoms with Crippen molar-refractivity contribution in [1.82, 2.24) is 0 Å². The first kappa shape index (κ1) is 9.96. The summed E-state index contributed by atoms with van der Waals surface area (Å²) in [6.07, 6.45) is 5.73. The van der Waals surface area contributed by atoms with Crippen molar-refractivity contribution in [2.24, 2.45) is 0 Å². The average Bonchev–Trinajstić information content (AvgIpc) is 1.89. The normalized spacial score (nSPS) is 12.8. The van der Waals surface area contributed by atoms with Crippen LogP contribution in [0, 0.1) is 0 Å². The number of hydrogen-bond acceptors (Lipinski definition) is 0. The number of allylic oxidation sites excluding steroid dienone is 2. The van der Waals surface area contributed by atoms with E-state index in [2.05, 4.69) is 39.1 Å². The molecule has 0 fully saturated rings. The van der Waals surface area contributed by atoms with Crippen molar-refractivity contribution in [2.45, 2.75) is 45.5 Å². The molecule has 1 heteroatoms. The molecular formula is C9H20Si. The molecule has 0 nitrogen and oxygen atoms in total. The van der Waals surface area contributed by atoms with Gasteiger partial charge < -0.3 is 0 Å². The zero-order valence-corrected chi connectivity index (χ0v) is 8.78. The second kappa shape index (κ2) is 4.72. The van der Waals surface area contributed by atoms with Crippen LogP contribution >= 0.6 is 0 Å². The van der Waals surface area contributed by atoms with Gasteiger partial charge in [-0.15, -0.1) is 0 Å². The first-order valence-corrected chi connectivity index (χ1v) is 7.65. The lowest BCUT2D eigenvalue weighted by Gasteiger charge is -2.18. The maximum Gasteiger partial charge on any atom is 0.0474 e. The lowest BCUT2D eigenvalue weighted by Crippen LogP contribution is -2.22. The molecule has 0 N–H and O–H groups in total. The second-order valence-electron chi connectivity index (χ2n) is 3.63. The Kier molecular flexibility index (Phi) is 4.70. The Morgan fingerprint density at radius 1 is 1.30 bits per heavy atom. The molecule has 10 heavy (non-hydrogen) atoms. The highest BCUT2D eigenvalue weighted by Gasteiger charge is 2.15. The summed E-state index contributed by atoms with van der Waals surface area (Å²) in [5.41, 5.74) is 0. The Bertz CT molecular complexity index is 103. The molecule has 0 saturated carbocycles. The van der Waals surface area contributed by atoms with E-state index in [4.69, 9.17) is 0 Å². The van der Waals surface area contributed by atoms with E-state index in [1.807, 2.05) is 0 Å². The minimum atomic E-state index is -0.766.